The number of nitrogens with zero attached hydrogens (tertiary/aromatic N) is 3. The summed E-state index contributed by atoms with van der Waals surface area (Å²) in [6.45, 7) is 2.96. The van der Waals surface area contributed by atoms with Gasteiger partial charge in [-0.2, -0.15) is 5.26 Å². The van der Waals surface area contributed by atoms with Gasteiger partial charge in [0.15, 0.2) is 0 Å². The lowest BCUT2D eigenvalue weighted by molar-refractivity contribution is 0.122. The van der Waals surface area contributed by atoms with E-state index in [9.17, 15) is 9.50 Å². The Kier molecular flexibility index (Phi) is 6.31. The fourth-order valence-corrected chi connectivity index (χ4v) is 3.82. The first-order valence-electron chi connectivity index (χ1n) is 8.42. The number of aliphatic hydroxyl groups excluding tert-OH is 1. The predicted molar refractivity (Wildman–Crippen MR) is 100 cm³/mol. The fraction of sp³-hybridized carbons (Fsp3) is 0.300. The molecule has 0 aliphatic carbocycles. The molecule has 138 valence electrons. The number of benzene rings is 1. The van der Waals surface area contributed by atoms with Gasteiger partial charge < -0.3 is 9.84 Å². The summed E-state index contributed by atoms with van der Waals surface area (Å²) in [7, 11) is 0. The van der Waals surface area contributed by atoms with E-state index in [1.807, 2.05) is 12.1 Å². The van der Waals surface area contributed by atoms with Crippen LogP contribution in [0.4, 0.5) is 4.39 Å². The fourth-order valence-electron chi connectivity index (χ4n) is 2.81. The van der Waals surface area contributed by atoms with Gasteiger partial charge in [0.2, 0.25) is 0 Å². The van der Waals surface area contributed by atoms with E-state index < -0.39 is 5.82 Å². The second-order valence-electron chi connectivity index (χ2n) is 6.04. The lowest BCUT2D eigenvalue weighted by Crippen LogP contribution is -2.28. The molecule has 1 aliphatic rings. The molecule has 0 spiro atoms. The topological polar surface area (TPSA) is 69.4 Å². The molecule has 1 aliphatic heterocycles. The van der Waals surface area contributed by atoms with Crippen molar-refractivity contribution in [3.8, 4) is 23.7 Å². The van der Waals surface area contributed by atoms with E-state index in [0.29, 0.717) is 18.8 Å². The van der Waals surface area contributed by atoms with Crippen LogP contribution in [0.1, 0.15) is 18.2 Å². The minimum Gasteiger partial charge on any atom is -0.489 e. The first-order chi connectivity index (χ1) is 13.1. The molecular weight excluding hydrogens is 365 g/mol. The van der Waals surface area contributed by atoms with Crippen molar-refractivity contribution in [3.63, 3.8) is 0 Å². The van der Waals surface area contributed by atoms with E-state index in [1.165, 1.54) is 24.1 Å². The van der Waals surface area contributed by atoms with Crippen molar-refractivity contribution >= 4 is 11.9 Å². The van der Waals surface area contributed by atoms with E-state index in [0.717, 1.165) is 10.6 Å². The van der Waals surface area contributed by atoms with E-state index in [2.05, 4.69) is 21.1 Å². The van der Waals surface area contributed by atoms with Gasteiger partial charge in [-0.15, -0.1) is 0 Å². The molecule has 2 aromatic rings. The molecule has 2 atom stereocenters. The van der Waals surface area contributed by atoms with Gasteiger partial charge in [-0.25, -0.2) is 13.7 Å². The van der Waals surface area contributed by atoms with Crippen LogP contribution in [0.25, 0.3) is 0 Å². The molecule has 5 nitrogen and oxygen atoms in total. The third-order valence-electron chi connectivity index (χ3n) is 4.15. The first kappa shape index (κ1) is 19.2. The molecule has 27 heavy (non-hydrogen) atoms. The number of halogens is 1. The number of nitriles is 1. The van der Waals surface area contributed by atoms with Crippen LogP contribution in [0.2, 0.25) is 0 Å². The Morgan fingerprint density at radius 2 is 2.22 bits per heavy atom. The van der Waals surface area contributed by atoms with E-state index >= 15 is 0 Å². The number of hydrogen-bond donors (Lipinski definition) is 1. The van der Waals surface area contributed by atoms with Gasteiger partial charge >= 0.3 is 0 Å². The number of rotatable bonds is 5. The summed E-state index contributed by atoms with van der Waals surface area (Å²) in [6.07, 6.45) is 1.50. The zero-order valence-electron chi connectivity index (χ0n) is 14.7. The largest absolute Gasteiger partial charge is 0.489 e. The molecule has 1 aromatic heterocycles. The second-order valence-corrected chi connectivity index (χ2v) is 7.22. The average Bonchev–Trinajstić information content (AvgIpc) is 3.05. The molecule has 2 heterocycles. The molecule has 7 heteroatoms. The Labute approximate surface area is 161 Å². The highest BCUT2D eigenvalue weighted by molar-refractivity contribution is 7.97. The molecule has 1 aromatic carbocycles. The van der Waals surface area contributed by atoms with Crippen molar-refractivity contribution in [3.05, 3.63) is 53.6 Å². The van der Waals surface area contributed by atoms with Crippen molar-refractivity contribution in [2.24, 2.45) is 5.92 Å². The lowest BCUT2D eigenvalue weighted by Gasteiger charge is -2.18. The maximum atomic E-state index is 13.8. The van der Waals surface area contributed by atoms with Crippen molar-refractivity contribution in [2.45, 2.75) is 17.9 Å². The zero-order valence-corrected chi connectivity index (χ0v) is 15.5. The van der Waals surface area contributed by atoms with Crippen molar-refractivity contribution in [1.29, 1.82) is 5.26 Å². The normalized spacial score (nSPS) is 19.2. The summed E-state index contributed by atoms with van der Waals surface area (Å²) >= 11 is 1.54. The number of ether oxygens (including phenoxy) is 1. The predicted octanol–water partition coefficient (Wildman–Crippen LogP) is 2.84. The average molecular weight is 383 g/mol. The van der Waals surface area contributed by atoms with Crippen LogP contribution in [-0.2, 0) is 0 Å². The van der Waals surface area contributed by atoms with Crippen LogP contribution in [0.15, 0.2) is 41.4 Å². The standard InChI is InChI=1S/C20H18FN3O2S/c1-2-3-16-5-7-18(10-23-16)27-24-11-15(13-25)20(12-24)26-17-6-4-14(9-22)19(21)8-17/h4-8,10,15,20,25H,11-13H2,1H3/t15?,20-/m0/s1. The Morgan fingerprint density at radius 1 is 1.37 bits per heavy atom. The van der Waals surface area contributed by atoms with Gasteiger partial charge in [0.05, 0.1) is 12.2 Å². The third kappa shape index (κ3) is 4.78. The molecule has 1 unspecified atom stereocenters. The molecular formula is C20H18FN3O2S. The quantitative estimate of drug-likeness (QED) is 0.633. The number of hydrogen-bond acceptors (Lipinski definition) is 6. The van der Waals surface area contributed by atoms with E-state index in [1.54, 1.807) is 25.3 Å². The third-order valence-corrected chi connectivity index (χ3v) is 5.16. The molecule has 3 rings (SSSR count). The van der Waals surface area contributed by atoms with Crippen LogP contribution in [-0.4, -0.2) is 40.2 Å². The number of aromatic nitrogens is 1. The van der Waals surface area contributed by atoms with Crippen LogP contribution < -0.4 is 4.74 Å². The Hall–Kier alpha value is -2.58. The molecule has 1 saturated heterocycles. The van der Waals surface area contributed by atoms with Gasteiger partial charge in [-0.1, -0.05) is 5.92 Å². The van der Waals surface area contributed by atoms with Gasteiger partial charge in [0.25, 0.3) is 0 Å². The number of aliphatic hydroxyl groups is 1. The van der Waals surface area contributed by atoms with Crippen LogP contribution >= 0.6 is 11.9 Å². The Balaban J connectivity index is 1.65. The van der Waals surface area contributed by atoms with Crippen LogP contribution in [0.5, 0.6) is 5.75 Å². The maximum absolute atomic E-state index is 13.8. The summed E-state index contributed by atoms with van der Waals surface area (Å²) in [5, 5.41) is 18.5. The second kappa shape index (κ2) is 8.88. The molecule has 0 bridgehead atoms. The Bertz CT molecular complexity index is 902. The highest BCUT2D eigenvalue weighted by Gasteiger charge is 2.34. The summed E-state index contributed by atoms with van der Waals surface area (Å²) in [5.41, 5.74) is 0.703. The molecule has 0 saturated carbocycles. The van der Waals surface area contributed by atoms with Crippen LogP contribution in [0, 0.1) is 34.9 Å². The monoisotopic (exact) mass is 383 g/mol. The van der Waals surface area contributed by atoms with Gasteiger partial charge in [-0.05, 0) is 49.1 Å². The lowest BCUT2D eigenvalue weighted by atomic mass is 10.1. The summed E-state index contributed by atoms with van der Waals surface area (Å²) in [5.74, 6) is 5.37. The minimum absolute atomic E-state index is 0.0200. The SMILES string of the molecule is CC#Cc1ccc(SN2CC(CO)[C@@H](Oc3ccc(C#N)c(F)c3)C2)cn1. The van der Waals surface area contributed by atoms with Gasteiger partial charge in [-0.3, -0.25) is 0 Å². The zero-order chi connectivity index (χ0) is 19.2. The van der Waals surface area contributed by atoms with Crippen molar-refractivity contribution in [2.75, 3.05) is 19.7 Å². The summed E-state index contributed by atoms with van der Waals surface area (Å²) < 4.78 is 21.7. The van der Waals surface area contributed by atoms with Gasteiger partial charge in [0, 0.05) is 36.2 Å². The van der Waals surface area contributed by atoms with Crippen molar-refractivity contribution < 1.29 is 14.2 Å². The highest BCUT2D eigenvalue weighted by atomic mass is 32.2. The van der Waals surface area contributed by atoms with Gasteiger partial charge in [0.1, 0.15) is 29.4 Å². The highest BCUT2D eigenvalue weighted by Crippen LogP contribution is 2.31. The first-order valence-corrected chi connectivity index (χ1v) is 9.19. The summed E-state index contributed by atoms with van der Waals surface area (Å²) in [6, 6.07) is 9.78. The minimum atomic E-state index is -0.610. The molecule has 1 fully saturated rings. The van der Waals surface area contributed by atoms with Crippen molar-refractivity contribution in [1.82, 2.24) is 9.29 Å². The Morgan fingerprint density at radius 3 is 2.85 bits per heavy atom. The molecule has 0 amide bonds. The molecule has 1 N–H and O–H groups in total. The number of pyridine rings is 1. The van der Waals surface area contributed by atoms with Crippen LogP contribution in [0.3, 0.4) is 0 Å². The molecule has 0 radical (unpaired) electrons. The smallest absolute Gasteiger partial charge is 0.144 e. The maximum Gasteiger partial charge on any atom is 0.144 e. The van der Waals surface area contributed by atoms with E-state index in [4.69, 9.17) is 10.00 Å². The van der Waals surface area contributed by atoms with E-state index in [-0.39, 0.29) is 24.2 Å². The summed E-state index contributed by atoms with van der Waals surface area (Å²) in [4.78, 5) is 5.26.